The number of hydrogen-bond donors (Lipinski definition) is 0. The number of ether oxygens (including phenoxy) is 2. The molecule has 0 aromatic heterocycles. The van der Waals surface area contributed by atoms with Gasteiger partial charge in [0.25, 0.3) is 0 Å². The zero-order valence-corrected chi connectivity index (χ0v) is 18.1. The molecule has 1 aromatic rings. The van der Waals surface area contributed by atoms with E-state index in [1.807, 2.05) is 35.2 Å². The van der Waals surface area contributed by atoms with Crippen LogP contribution in [0.25, 0.3) is 0 Å². The Kier molecular flexibility index (Phi) is 7.24. The van der Waals surface area contributed by atoms with Crippen LogP contribution in [-0.4, -0.2) is 54.3 Å². The molecule has 6 nitrogen and oxygen atoms in total. The van der Waals surface area contributed by atoms with E-state index in [1.54, 1.807) is 13.8 Å². The quantitative estimate of drug-likeness (QED) is 0.398. The Balaban J connectivity index is 2.05. The summed E-state index contributed by atoms with van der Waals surface area (Å²) in [6, 6.07) is 9.97. The highest BCUT2D eigenvalue weighted by Crippen LogP contribution is 2.37. The molecule has 2 fully saturated rings. The SMILES string of the molecule is CCOC(=O)C1(C(=O)OCC)CN(C2CCCCC2)CN(c2ccccc2)C1=S. The van der Waals surface area contributed by atoms with Crippen LogP contribution in [0.15, 0.2) is 30.3 Å². The maximum Gasteiger partial charge on any atom is 0.331 e. The first kappa shape index (κ1) is 21.7. The van der Waals surface area contributed by atoms with Gasteiger partial charge in [-0.3, -0.25) is 14.5 Å². The average molecular weight is 419 g/mol. The summed E-state index contributed by atoms with van der Waals surface area (Å²) in [4.78, 5) is 30.7. The van der Waals surface area contributed by atoms with Crippen molar-refractivity contribution in [3.8, 4) is 0 Å². The second-order valence-corrected chi connectivity index (χ2v) is 7.98. The van der Waals surface area contributed by atoms with Crippen LogP contribution in [0.4, 0.5) is 5.69 Å². The van der Waals surface area contributed by atoms with Crippen LogP contribution in [0, 0.1) is 5.41 Å². The van der Waals surface area contributed by atoms with Crippen molar-refractivity contribution in [3.63, 3.8) is 0 Å². The van der Waals surface area contributed by atoms with Crippen LogP contribution >= 0.6 is 12.2 Å². The minimum Gasteiger partial charge on any atom is -0.465 e. The number of hydrogen-bond acceptors (Lipinski definition) is 6. The molecular weight excluding hydrogens is 388 g/mol. The van der Waals surface area contributed by atoms with Gasteiger partial charge in [-0.2, -0.15) is 0 Å². The normalized spacial score (nSPS) is 20.3. The number of esters is 2. The van der Waals surface area contributed by atoms with Gasteiger partial charge in [-0.25, -0.2) is 0 Å². The molecule has 2 aliphatic rings. The summed E-state index contributed by atoms with van der Waals surface area (Å²) in [5, 5.41) is 0. The lowest BCUT2D eigenvalue weighted by Crippen LogP contribution is -2.67. The highest BCUT2D eigenvalue weighted by molar-refractivity contribution is 7.80. The molecule has 1 saturated carbocycles. The second kappa shape index (κ2) is 9.67. The fourth-order valence-electron chi connectivity index (χ4n) is 4.29. The molecule has 0 N–H and O–H groups in total. The van der Waals surface area contributed by atoms with E-state index in [1.165, 1.54) is 6.42 Å². The number of carbonyl (C=O) groups excluding carboxylic acids is 2. The second-order valence-electron chi connectivity index (χ2n) is 7.60. The largest absolute Gasteiger partial charge is 0.465 e. The topological polar surface area (TPSA) is 59.1 Å². The number of anilines is 1. The molecule has 0 unspecified atom stereocenters. The van der Waals surface area contributed by atoms with E-state index in [2.05, 4.69) is 4.90 Å². The highest BCUT2D eigenvalue weighted by atomic mass is 32.1. The molecule has 7 heteroatoms. The van der Waals surface area contributed by atoms with Crippen LogP contribution in [-0.2, 0) is 19.1 Å². The standard InChI is InChI=1S/C22H30N2O4S/c1-3-27-20(25)22(21(26)28-4-2)15-23(17-11-7-5-8-12-17)16-24(19(22)29)18-13-9-6-10-14-18/h6,9-10,13-14,17H,3-5,7-8,11-12,15-16H2,1-2H3. The van der Waals surface area contributed by atoms with Crippen molar-refractivity contribution >= 4 is 34.8 Å². The van der Waals surface area contributed by atoms with Crippen LogP contribution in [0.2, 0.25) is 0 Å². The van der Waals surface area contributed by atoms with Gasteiger partial charge in [0.1, 0.15) is 4.99 Å². The first-order chi connectivity index (χ1) is 14.0. The van der Waals surface area contributed by atoms with E-state index in [0.29, 0.717) is 12.7 Å². The number of benzene rings is 1. The van der Waals surface area contributed by atoms with E-state index in [-0.39, 0.29) is 24.7 Å². The summed E-state index contributed by atoms with van der Waals surface area (Å²) in [5.41, 5.74) is -0.775. The van der Waals surface area contributed by atoms with E-state index in [0.717, 1.165) is 31.4 Å². The molecule has 1 heterocycles. The molecule has 29 heavy (non-hydrogen) atoms. The summed E-state index contributed by atoms with van der Waals surface area (Å²) in [5.74, 6) is -1.24. The predicted molar refractivity (Wildman–Crippen MR) is 116 cm³/mol. The van der Waals surface area contributed by atoms with Crippen LogP contribution in [0.3, 0.4) is 0 Å². The van der Waals surface area contributed by atoms with Crippen molar-refractivity contribution in [3.05, 3.63) is 30.3 Å². The molecule has 0 spiro atoms. The summed E-state index contributed by atoms with van der Waals surface area (Å²) in [7, 11) is 0. The van der Waals surface area contributed by atoms with Crippen LogP contribution < -0.4 is 4.90 Å². The van der Waals surface area contributed by atoms with Gasteiger partial charge in [-0.05, 0) is 38.8 Å². The molecule has 1 saturated heterocycles. The Labute approximate surface area is 178 Å². The lowest BCUT2D eigenvalue weighted by Gasteiger charge is -2.49. The van der Waals surface area contributed by atoms with E-state index in [4.69, 9.17) is 21.7 Å². The highest BCUT2D eigenvalue weighted by Gasteiger charge is 2.59. The molecule has 0 atom stereocenters. The van der Waals surface area contributed by atoms with Gasteiger partial charge in [-0.1, -0.05) is 49.7 Å². The molecular formula is C22H30N2O4S. The average Bonchev–Trinajstić information content (AvgIpc) is 2.75. The number of carbonyl (C=O) groups is 2. The van der Waals surface area contributed by atoms with Crippen molar-refractivity contribution in [2.24, 2.45) is 5.41 Å². The smallest absolute Gasteiger partial charge is 0.331 e. The molecule has 1 aliphatic heterocycles. The minimum absolute atomic E-state index is 0.178. The number of thiocarbonyl (C=S) groups is 1. The van der Waals surface area contributed by atoms with Crippen molar-refractivity contribution in [1.82, 2.24) is 4.90 Å². The fraction of sp³-hybridized carbons (Fsp3) is 0.591. The molecule has 0 radical (unpaired) electrons. The zero-order valence-electron chi connectivity index (χ0n) is 17.3. The van der Waals surface area contributed by atoms with Crippen LogP contribution in [0.1, 0.15) is 46.0 Å². The monoisotopic (exact) mass is 418 g/mol. The predicted octanol–water partition coefficient (Wildman–Crippen LogP) is 3.54. The first-order valence-electron chi connectivity index (χ1n) is 10.5. The summed E-state index contributed by atoms with van der Waals surface area (Å²) < 4.78 is 10.7. The third kappa shape index (κ3) is 4.31. The number of nitrogens with zero attached hydrogens (tertiary/aromatic N) is 2. The Bertz CT molecular complexity index is 716. The molecule has 3 rings (SSSR count). The Hall–Kier alpha value is -1.99. The van der Waals surface area contributed by atoms with Gasteiger partial charge in [0, 0.05) is 18.3 Å². The Morgan fingerprint density at radius 3 is 2.17 bits per heavy atom. The third-order valence-electron chi connectivity index (χ3n) is 5.78. The van der Waals surface area contributed by atoms with Gasteiger partial charge in [0.15, 0.2) is 0 Å². The summed E-state index contributed by atoms with van der Waals surface area (Å²) >= 11 is 5.78. The zero-order chi connectivity index (χ0) is 20.9. The molecule has 0 bridgehead atoms. The van der Waals surface area contributed by atoms with E-state index in [9.17, 15) is 9.59 Å². The molecule has 158 valence electrons. The van der Waals surface area contributed by atoms with E-state index < -0.39 is 17.4 Å². The third-order valence-corrected chi connectivity index (χ3v) is 6.35. The van der Waals surface area contributed by atoms with Crippen molar-refractivity contribution in [2.45, 2.75) is 52.0 Å². The van der Waals surface area contributed by atoms with Gasteiger partial charge < -0.3 is 14.4 Å². The minimum atomic E-state index is -1.63. The molecule has 0 amide bonds. The van der Waals surface area contributed by atoms with Gasteiger partial charge >= 0.3 is 11.9 Å². The van der Waals surface area contributed by atoms with Gasteiger partial charge in [0.05, 0.1) is 19.9 Å². The maximum absolute atomic E-state index is 13.2. The fourth-order valence-corrected chi connectivity index (χ4v) is 4.69. The Morgan fingerprint density at radius 2 is 1.62 bits per heavy atom. The first-order valence-corrected chi connectivity index (χ1v) is 10.9. The maximum atomic E-state index is 13.2. The van der Waals surface area contributed by atoms with Crippen molar-refractivity contribution in [1.29, 1.82) is 0 Å². The van der Waals surface area contributed by atoms with Gasteiger partial charge in [0.2, 0.25) is 5.41 Å². The lowest BCUT2D eigenvalue weighted by atomic mass is 9.82. The van der Waals surface area contributed by atoms with E-state index >= 15 is 0 Å². The molecule has 1 aromatic carbocycles. The van der Waals surface area contributed by atoms with Crippen LogP contribution in [0.5, 0.6) is 0 Å². The Morgan fingerprint density at radius 1 is 1.03 bits per heavy atom. The number of rotatable bonds is 6. The number of para-hydroxylation sites is 1. The lowest BCUT2D eigenvalue weighted by molar-refractivity contribution is -0.168. The molecule has 1 aliphatic carbocycles. The summed E-state index contributed by atoms with van der Waals surface area (Å²) in [6.07, 6.45) is 5.64. The van der Waals surface area contributed by atoms with Gasteiger partial charge in [-0.15, -0.1) is 0 Å². The van der Waals surface area contributed by atoms with Crippen molar-refractivity contribution in [2.75, 3.05) is 31.3 Å². The summed E-state index contributed by atoms with van der Waals surface area (Å²) in [6.45, 7) is 4.58. The van der Waals surface area contributed by atoms with Crippen molar-refractivity contribution < 1.29 is 19.1 Å².